The van der Waals surface area contributed by atoms with Gasteiger partial charge in [-0.05, 0) is 38.0 Å². The van der Waals surface area contributed by atoms with E-state index in [-0.39, 0.29) is 0 Å². The molecular weight excluding hydrogens is 158 g/mol. The quantitative estimate of drug-likeness (QED) is 0.588. The lowest BCUT2D eigenvalue weighted by molar-refractivity contribution is 1.14. The van der Waals surface area contributed by atoms with Crippen LogP contribution in [0.25, 0.3) is 0 Å². The molecule has 13 heavy (non-hydrogen) atoms. The Kier molecular flexibility index (Phi) is 10.4. The fourth-order valence-electron chi connectivity index (χ4n) is 0.765. The molecule has 1 heterocycles. The fourth-order valence-corrected chi connectivity index (χ4v) is 0.765. The van der Waals surface area contributed by atoms with Crippen molar-refractivity contribution in [2.24, 2.45) is 0 Å². The molecule has 76 valence electrons. The van der Waals surface area contributed by atoms with Crippen LogP contribution in [0.15, 0.2) is 12.3 Å². The second-order valence-corrected chi connectivity index (χ2v) is 2.41. The summed E-state index contributed by atoms with van der Waals surface area (Å²) in [6.45, 7) is 14.2. The van der Waals surface area contributed by atoms with E-state index in [2.05, 4.69) is 24.9 Å². The molecule has 0 bridgehead atoms. The average molecular weight is 181 g/mol. The molecule has 0 unspecified atom stereocenters. The zero-order chi connectivity index (χ0) is 10.9. The van der Waals surface area contributed by atoms with Gasteiger partial charge in [0.25, 0.3) is 0 Å². The Hall–Kier alpha value is -0.850. The van der Waals surface area contributed by atoms with Gasteiger partial charge >= 0.3 is 0 Å². The van der Waals surface area contributed by atoms with Gasteiger partial charge in [0, 0.05) is 11.9 Å². The van der Waals surface area contributed by atoms with E-state index in [1.807, 2.05) is 40.8 Å². The molecule has 0 aliphatic heterocycles. The highest BCUT2D eigenvalue weighted by molar-refractivity contribution is 5.22. The Balaban J connectivity index is 0. The molecule has 0 fully saturated rings. The molecule has 1 aromatic heterocycles. The van der Waals surface area contributed by atoms with E-state index in [4.69, 9.17) is 0 Å². The van der Waals surface area contributed by atoms with Crippen LogP contribution < -0.4 is 0 Å². The van der Waals surface area contributed by atoms with Crippen molar-refractivity contribution in [2.45, 2.75) is 48.5 Å². The van der Waals surface area contributed by atoms with E-state index < -0.39 is 0 Å². The zero-order valence-corrected chi connectivity index (χ0v) is 10.1. The molecule has 0 radical (unpaired) electrons. The second kappa shape index (κ2) is 9.24. The first kappa shape index (κ1) is 14.7. The first-order chi connectivity index (χ1) is 6.20. The number of pyridine rings is 1. The normalized spacial score (nSPS) is 7.62. The summed E-state index contributed by atoms with van der Waals surface area (Å²) in [7, 11) is 0. The Morgan fingerprint density at radius 1 is 0.846 bits per heavy atom. The molecule has 0 atom stereocenters. The van der Waals surface area contributed by atoms with Crippen molar-refractivity contribution in [1.29, 1.82) is 0 Å². The molecule has 1 aromatic rings. The molecule has 0 amide bonds. The lowest BCUT2D eigenvalue weighted by atomic mass is 10.2. The van der Waals surface area contributed by atoms with Crippen molar-refractivity contribution >= 4 is 0 Å². The Morgan fingerprint density at radius 2 is 1.31 bits per heavy atom. The number of rotatable bonds is 0. The standard InChI is InChI=1S/C8H11N.2C2H6/c1-6-4-8(3)9-5-7(6)2;2*1-2/h4-5H,1-3H3;2*1-2H3. The summed E-state index contributed by atoms with van der Waals surface area (Å²) in [6, 6.07) is 2.09. The van der Waals surface area contributed by atoms with Crippen LogP contribution in [0.5, 0.6) is 0 Å². The molecule has 0 N–H and O–H groups in total. The highest BCUT2D eigenvalue weighted by atomic mass is 14.7. The number of aryl methyl sites for hydroxylation is 3. The molecule has 0 saturated heterocycles. The third kappa shape index (κ3) is 6.32. The minimum atomic E-state index is 1.10. The van der Waals surface area contributed by atoms with Crippen LogP contribution in [0.3, 0.4) is 0 Å². The minimum absolute atomic E-state index is 1.10. The smallest absolute Gasteiger partial charge is 0.0375 e. The highest BCUT2D eigenvalue weighted by Crippen LogP contribution is 2.04. The lowest BCUT2D eigenvalue weighted by Crippen LogP contribution is -1.85. The molecule has 0 aliphatic rings. The molecule has 0 aliphatic carbocycles. The molecular formula is C12H23N. The van der Waals surface area contributed by atoms with E-state index in [0.717, 1.165) is 5.69 Å². The van der Waals surface area contributed by atoms with Gasteiger partial charge < -0.3 is 0 Å². The predicted molar refractivity (Wildman–Crippen MR) is 61.1 cm³/mol. The predicted octanol–water partition coefficient (Wildman–Crippen LogP) is 4.06. The molecule has 1 heteroatoms. The van der Waals surface area contributed by atoms with Crippen LogP contribution in [-0.4, -0.2) is 4.98 Å². The van der Waals surface area contributed by atoms with Crippen LogP contribution in [0.4, 0.5) is 0 Å². The molecule has 0 spiro atoms. The SMILES string of the molecule is CC.CC.Cc1cc(C)c(C)cn1. The Labute approximate surface area is 83.2 Å². The Morgan fingerprint density at radius 3 is 1.62 bits per heavy atom. The largest absolute Gasteiger partial charge is 0.261 e. The van der Waals surface area contributed by atoms with Crippen molar-refractivity contribution in [3.05, 3.63) is 29.1 Å². The van der Waals surface area contributed by atoms with Gasteiger partial charge in [-0.2, -0.15) is 0 Å². The lowest BCUT2D eigenvalue weighted by Gasteiger charge is -1.97. The van der Waals surface area contributed by atoms with Gasteiger partial charge in [0.1, 0.15) is 0 Å². The van der Waals surface area contributed by atoms with Crippen molar-refractivity contribution in [1.82, 2.24) is 4.98 Å². The van der Waals surface area contributed by atoms with Crippen molar-refractivity contribution in [3.63, 3.8) is 0 Å². The third-order valence-corrected chi connectivity index (χ3v) is 1.51. The van der Waals surface area contributed by atoms with E-state index in [1.165, 1.54) is 11.1 Å². The van der Waals surface area contributed by atoms with Crippen LogP contribution in [-0.2, 0) is 0 Å². The van der Waals surface area contributed by atoms with Gasteiger partial charge in [0.05, 0.1) is 0 Å². The topological polar surface area (TPSA) is 12.9 Å². The molecule has 1 rings (SSSR count). The number of aromatic nitrogens is 1. The molecule has 0 aromatic carbocycles. The maximum atomic E-state index is 4.14. The first-order valence-electron chi connectivity index (χ1n) is 5.10. The van der Waals surface area contributed by atoms with Crippen LogP contribution >= 0.6 is 0 Å². The van der Waals surface area contributed by atoms with Gasteiger partial charge in [-0.15, -0.1) is 0 Å². The Bertz CT molecular complexity index is 216. The summed E-state index contributed by atoms with van der Waals surface area (Å²) in [5.41, 5.74) is 3.68. The van der Waals surface area contributed by atoms with Crippen LogP contribution in [0.2, 0.25) is 0 Å². The summed E-state index contributed by atoms with van der Waals surface area (Å²) in [5, 5.41) is 0. The highest BCUT2D eigenvalue weighted by Gasteiger charge is 1.90. The fraction of sp³-hybridized carbons (Fsp3) is 0.583. The van der Waals surface area contributed by atoms with Crippen molar-refractivity contribution < 1.29 is 0 Å². The van der Waals surface area contributed by atoms with Gasteiger partial charge in [0.2, 0.25) is 0 Å². The molecule has 0 saturated carbocycles. The van der Waals surface area contributed by atoms with E-state index in [0.29, 0.717) is 0 Å². The summed E-state index contributed by atoms with van der Waals surface area (Å²) in [6.07, 6.45) is 1.91. The maximum absolute atomic E-state index is 4.14. The monoisotopic (exact) mass is 181 g/mol. The van der Waals surface area contributed by atoms with Crippen molar-refractivity contribution in [2.75, 3.05) is 0 Å². The average Bonchev–Trinajstić information content (AvgIpc) is 2.18. The number of hydrogen-bond acceptors (Lipinski definition) is 1. The number of hydrogen-bond donors (Lipinski definition) is 0. The van der Waals surface area contributed by atoms with E-state index >= 15 is 0 Å². The summed E-state index contributed by atoms with van der Waals surface area (Å²) in [4.78, 5) is 4.14. The van der Waals surface area contributed by atoms with Gasteiger partial charge in [-0.1, -0.05) is 27.7 Å². The van der Waals surface area contributed by atoms with Crippen LogP contribution in [0, 0.1) is 20.8 Å². The summed E-state index contributed by atoms with van der Waals surface area (Å²) in [5.74, 6) is 0. The van der Waals surface area contributed by atoms with E-state index in [1.54, 1.807) is 0 Å². The number of nitrogens with zero attached hydrogens (tertiary/aromatic N) is 1. The summed E-state index contributed by atoms with van der Waals surface area (Å²) < 4.78 is 0. The third-order valence-electron chi connectivity index (χ3n) is 1.51. The first-order valence-corrected chi connectivity index (χ1v) is 5.10. The maximum Gasteiger partial charge on any atom is 0.0375 e. The van der Waals surface area contributed by atoms with Crippen molar-refractivity contribution in [3.8, 4) is 0 Å². The zero-order valence-electron chi connectivity index (χ0n) is 10.1. The van der Waals surface area contributed by atoms with Gasteiger partial charge in [0.15, 0.2) is 0 Å². The van der Waals surface area contributed by atoms with Crippen LogP contribution in [0.1, 0.15) is 44.5 Å². The summed E-state index contributed by atoms with van der Waals surface area (Å²) >= 11 is 0. The van der Waals surface area contributed by atoms with Gasteiger partial charge in [-0.25, -0.2) is 0 Å². The van der Waals surface area contributed by atoms with E-state index in [9.17, 15) is 0 Å². The minimum Gasteiger partial charge on any atom is -0.261 e. The second-order valence-electron chi connectivity index (χ2n) is 2.41. The molecule has 1 nitrogen and oxygen atoms in total. The van der Waals surface area contributed by atoms with Gasteiger partial charge in [-0.3, -0.25) is 4.98 Å².